The predicted molar refractivity (Wildman–Crippen MR) is 114 cm³/mol. The van der Waals surface area contributed by atoms with Gasteiger partial charge in [0.2, 0.25) is 0 Å². The van der Waals surface area contributed by atoms with Crippen LogP contribution in [0, 0.1) is 5.92 Å². The Balaban J connectivity index is 1.54. The number of anilines is 1. The second-order valence-electron chi connectivity index (χ2n) is 7.14. The van der Waals surface area contributed by atoms with Gasteiger partial charge in [-0.1, -0.05) is 48.0 Å². The number of halogens is 1. The molecule has 2 atom stereocenters. The summed E-state index contributed by atoms with van der Waals surface area (Å²) < 4.78 is 4.76. The van der Waals surface area contributed by atoms with Gasteiger partial charge in [0.05, 0.1) is 19.6 Å². The van der Waals surface area contributed by atoms with E-state index >= 15 is 0 Å². The molecule has 29 heavy (non-hydrogen) atoms. The molecule has 0 radical (unpaired) electrons. The Morgan fingerprint density at radius 3 is 2.62 bits per heavy atom. The number of urea groups is 1. The summed E-state index contributed by atoms with van der Waals surface area (Å²) in [5.74, 6) is -0.0372. The zero-order valence-electron chi connectivity index (χ0n) is 16.4. The molecule has 6 nitrogen and oxygen atoms in total. The van der Waals surface area contributed by atoms with Crippen molar-refractivity contribution >= 4 is 29.3 Å². The Morgan fingerprint density at radius 1 is 1.17 bits per heavy atom. The van der Waals surface area contributed by atoms with Gasteiger partial charge in [-0.2, -0.15) is 0 Å². The molecule has 154 valence electrons. The first-order chi connectivity index (χ1) is 14.1. The SMILES string of the molecule is COC(=O)CC(NC(=O)NCC1CCN(c2ccccc2)C1)c1ccccc1Cl. The van der Waals surface area contributed by atoms with E-state index in [1.54, 1.807) is 18.2 Å². The average Bonchev–Trinajstić information content (AvgIpc) is 3.22. The molecule has 0 aliphatic carbocycles. The highest BCUT2D eigenvalue weighted by atomic mass is 35.5. The second kappa shape index (κ2) is 10.2. The maximum atomic E-state index is 12.5. The number of carbonyl (C=O) groups excluding carboxylic acids is 2. The molecule has 0 bridgehead atoms. The van der Waals surface area contributed by atoms with Crippen molar-refractivity contribution in [2.75, 3.05) is 31.6 Å². The summed E-state index contributed by atoms with van der Waals surface area (Å²) in [6, 6.07) is 16.6. The fourth-order valence-corrected chi connectivity index (χ4v) is 3.83. The van der Waals surface area contributed by atoms with Crippen molar-refractivity contribution in [1.82, 2.24) is 10.6 Å². The number of ether oxygens (including phenoxy) is 1. The summed E-state index contributed by atoms with van der Waals surface area (Å²) in [6.07, 6.45) is 1.03. The molecule has 2 unspecified atom stereocenters. The number of nitrogens with zero attached hydrogens (tertiary/aromatic N) is 1. The van der Waals surface area contributed by atoms with Crippen LogP contribution in [0.5, 0.6) is 0 Å². The van der Waals surface area contributed by atoms with Crippen LogP contribution in [0.25, 0.3) is 0 Å². The molecule has 1 heterocycles. The Morgan fingerprint density at radius 2 is 1.90 bits per heavy atom. The van der Waals surface area contributed by atoms with Gasteiger partial charge in [-0.15, -0.1) is 0 Å². The van der Waals surface area contributed by atoms with Gasteiger partial charge in [-0.25, -0.2) is 4.79 Å². The van der Waals surface area contributed by atoms with E-state index in [4.69, 9.17) is 16.3 Å². The number of para-hydroxylation sites is 1. The summed E-state index contributed by atoms with van der Waals surface area (Å²) in [6.45, 7) is 2.45. The van der Waals surface area contributed by atoms with Crippen molar-refractivity contribution in [1.29, 1.82) is 0 Å². The van der Waals surface area contributed by atoms with E-state index in [9.17, 15) is 9.59 Å². The molecule has 0 saturated carbocycles. The Labute approximate surface area is 176 Å². The standard InChI is InChI=1S/C22H26ClN3O3/c1-29-21(27)13-20(18-9-5-6-10-19(18)23)25-22(28)24-14-16-11-12-26(15-16)17-7-3-2-4-8-17/h2-10,16,20H,11-15H2,1H3,(H2,24,25,28). The van der Waals surface area contributed by atoms with E-state index in [1.165, 1.54) is 12.8 Å². The minimum Gasteiger partial charge on any atom is -0.469 e. The van der Waals surface area contributed by atoms with Crippen molar-refractivity contribution in [3.63, 3.8) is 0 Å². The summed E-state index contributed by atoms with van der Waals surface area (Å²) in [4.78, 5) is 26.6. The number of carbonyl (C=O) groups is 2. The fraction of sp³-hybridized carbons (Fsp3) is 0.364. The average molecular weight is 416 g/mol. The number of esters is 1. The Bertz CT molecular complexity index is 831. The van der Waals surface area contributed by atoms with Gasteiger partial charge in [0.15, 0.2) is 0 Å². The van der Waals surface area contributed by atoms with Gasteiger partial charge in [0.1, 0.15) is 0 Å². The molecule has 0 spiro atoms. The third kappa shape index (κ3) is 5.87. The molecule has 2 aromatic rings. The van der Waals surface area contributed by atoms with Gasteiger partial charge >= 0.3 is 12.0 Å². The molecule has 2 aromatic carbocycles. The molecule has 1 fully saturated rings. The minimum absolute atomic E-state index is 0.0128. The highest BCUT2D eigenvalue weighted by Gasteiger charge is 2.24. The summed E-state index contributed by atoms with van der Waals surface area (Å²) >= 11 is 6.25. The lowest BCUT2D eigenvalue weighted by Gasteiger charge is -2.21. The molecule has 1 aliphatic heterocycles. The van der Waals surface area contributed by atoms with Gasteiger partial charge in [-0.05, 0) is 36.1 Å². The first kappa shape index (κ1) is 21.0. The Kier molecular flexibility index (Phi) is 7.36. The summed E-state index contributed by atoms with van der Waals surface area (Å²) in [5, 5.41) is 6.29. The van der Waals surface area contributed by atoms with Crippen LogP contribution >= 0.6 is 11.6 Å². The van der Waals surface area contributed by atoms with Crippen LogP contribution in [-0.4, -0.2) is 38.7 Å². The van der Waals surface area contributed by atoms with Crippen molar-refractivity contribution in [2.45, 2.75) is 18.9 Å². The van der Waals surface area contributed by atoms with Gasteiger partial charge in [-0.3, -0.25) is 4.79 Å². The molecule has 2 amide bonds. The van der Waals surface area contributed by atoms with E-state index in [0.717, 1.165) is 19.5 Å². The fourth-order valence-electron chi connectivity index (χ4n) is 3.57. The molecule has 2 N–H and O–H groups in total. The van der Waals surface area contributed by atoms with Crippen LogP contribution in [0.15, 0.2) is 54.6 Å². The lowest BCUT2D eigenvalue weighted by atomic mass is 10.0. The summed E-state index contributed by atoms with van der Waals surface area (Å²) in [7, 11) is 1.32. The lowest BCUT2D eigenvalue weighted by molar-refractivity contribution is -0.141. The third-order valence-corrected chi connectivity index (χ3v) is 5.49. The molecular formula is C22H26ClN3O3. The molecule has 0 aromatic heterocycles. The molecule has 3 rings (SSSR count). The smallest absolute Gasteiger partial charge is 0.315 e. The largest absolute Gasteiger partial charge is 0.469 e. The third-order valence-electron chi connectivity index (χ3n) is 5.14. The highest BCUT2D eigenvalue weighted by Crippen LogP contribution is 2.26. The predicted octanol–water partition coefficient (Wildman–Crippen LogP) is 3.77. The van der Waals surface area contributed by atoms with Crippen molar-refractivity contribution in [2.24, 2.45) is 5.92 Å². The van der Waals surface area contributed by atoms with Gasteiger partial charge in [0.25, 0.3) is 0 Å². The monoisotopic (exact) mass is 415 g/mol. The van der Waals surface area contributed by atoms with Gasteiger partial charge in [0, 0.05) is 30.3 Å². The number of hydrogen-bond donors (Lipinski definition) is 2. The van der Waals surface area contributed by atoms with Crippen LogP contribution in [0.2, 0.25) is 5.02 Å². The number of methoxy groups -OCH3 is 1. The molecule has 7 heteroatoms. The van der Waals surface area contributed by atoms with Gasteiger partial charge < -0.3 is 20.3 Å². The quantitative estimate of drug-likeness (QED) is 0.675. The van der Waals surface area contributed by atoms with E-state index < -0.39 is 12.0 Å². The van der Waals surface area contributed by atoms with E-state index in [-0.39, 0.29) is 12.5 Å². The van der Waals surface area contributed by atoms with Crippen LogP contribution < -0.4 is 15.5 Å². The number of amides is 2. The van der Waals surface area contributed by atoms with Crippen LogP contribution in [0.4, 0.5) is 10.5 Å². The van der Waals surface area contributed by atoms with E-state index in [0.29, 0.717) is 23.0 Å². The highest BCUT2D eigenvalue weighted by molar-refractivity contribution is 6.31. The zero-order chi connectivity index (χ0) is 20.6. The number of hydrogen-bond acceptors (Lipinski definition) is 4. The topological polar surface area (TPSA) is 70.7 Å². The molecular weight excluding hydrogens is 390 g/mol. The number of rotatable bonds is 7. The maximum Gasteiger partial charge on any atom is 0.315 e. The van der Waals surface area contributed by atoms with Crippen LogP contribution in [-0.2, 0) is 9.53 Å². The van der Waals surface area contributed by atoms with E-state index in [1.807, 2.05) is 24.3 Å². The lowest BCUT2D eigenvalue weighted by Crippen LogP contribution is -2.41. The number of benzene rings is 2. The normalized spacial score (nSPS) is 16.9. The molecule has 1 aliphatic rings. The first-order valence-electron chi connectivity index (χ1n) is 9.72. The van der Waals surface area contributed by atoms with Crippen LogP contribution in [0.3, 0.4) is 0 Å². The molecule has 1 saturated heterocycles. The Hall–Kier alpha value is -2.73. The van der Waals surface area contributed by atoms with Crippen molar-refractivity contribution in [3.8, 4) is 0 Å². The first-order valence-corrected chi connectivity index (χ1v) is 10.1. The van der Waals surface area contributed by atoms with Crippen molar-refractivity contribution in [3.05, 3.63) is 65.2 Å². The number of nitrogens with one attached hydrogen (secondary N) is 2. The van der Waals surface area contributed by atoms with Crippen molar-refractivity contribution < 1.29 is 14.3 Å². The minimum atomic E-state index is -0.555. The van der Waals surface area contributed by atoms with Crippen LogP contribution in [0.1, 0.15) is 24.4 Å². The maximum absolute atomic E-state index is 12.5. The van der Waals surface area contributed by atoms with E-state index in [2.05, 4.69) is 27.7 Å². The second-order valence-corrected chi connectivity index (χ2v) is 7.55. The summed E-state index contributed by atoms with van der Waals surface area (Å²) in [5.41, 5.74) is 1.89. The zero-order valence-corrected chi connectivity index (χ0v) is 17.2.